The quantitative estimate of drug-likeness (QED) is 0.115. The first kappa shape index (κ1) is 39.0. The van der Waals surface area contributed by atoms with Crippen LogP contribution in [-0.2, 0) is 11.8 Å². The fraction of sp³-hybridized carbons (Fsp3) is 0.634. The van der Waals surface area contributed by atoms with E-state index in [1.165, 1.54) is 104 Å². The number of rotatable bonds is 13. The molecule has 2 aromatic rings. The zero-order valence-corrected chi connectivity index (χ0v) is 35.9. The molecule has 0 bridgehead atoms. The first-order valence-electron chi connectivity index (χ1n) is 18.7. The third-order valence-electron chi connectivity index (χ3n) is 10.4. The molecule has 2 nitrogen and oxygen atoms in total. The Labute approximate surface area is 304 Å². The Balaban J connectivity index is 1.83. The second-order valence-electron chi connectivity index (χ2n) is 15.5. The number of nitrogens with zero attached hydrogens (tertiary/aromatic N) is 2. The van der Waals surface area contributed by atoms with Crippen LogP contribution in [0.4, 0.5) is 11.4 Å². The predicted octanol–water partition coefficient (Wildman–Crippen LogP) is 14.0. The van der Waals surface area contributed by atoms with Crippen molar-refractivity contribution in [1.29, 1.82) is 0 Å². The molecule has 6 heteroatoms. The molecule has 2 saturated carbocycles. The van der Waals surface area contributed by atoms with Gasteiger partial charge in [-0.05, 0) is 0 Å². The van der Waals surface area contributed by atoms with Crippen LogP contribution in [0.2, 0.25) is 0 Å². The molecule has 2 radical (unpaired) electrons. The van der Waals surface area contributed by atoms with Crippen LogP contribution < -0.4 is 3.86 Å². The van der Waals surface area contributed by atoms with Gasteiger partial charge >= 0.3 is 306 Å². The summed E-state index contributed by atoms with van der Waals surface area (Å²) < 4.78 is 2.79. The molecular formula is C41H63GeN2PS2. The van der Waals surface area contributed by atoms with Crippen molar-refractivity contribution in [3.05, 3.63) is 70.4 Å². The van der Waals surface area contributed by atoms with Gasteiger partial charge in [-0.25, -0.2) is 0 Å². The minimum absolute atomic E-state index is 0.431. The van der Waals surface area contributed by atoms with Crippen molar-refractivity contribution in [2.24, 2.45) is 4.99 Å². The van der Waals surface area contributed by atoms with Gasteiger partial charge in [0.2, 0.25) is 0 Å². The Kier molecular flexibility index (Phi) is 14.9. The standard InChI is InChI=1S/C41H63GeN2PS2/c1-28(2)36-23-17-24-37(29(3)4)40(36)43-32(9)27-33(10)44(41-38(30(5)6)25-18-26-39(41)31(7)8)42-47-45(46,34-19-13-11-14-20-34)35-21-15-12-16-22-35/h17-18,23-31,34-35H,11-16,19-22H2,1-10H3/b33-27-,43-32?. The van der Waals surface area contributed by atoms with Crippen LogP contribution in [0, 0.1) is 0 Å². The summed E-state index contributed by atoms with van der Waals surface area (Å²) in [6, 6.07) is 13.8. The monoisotopic (exact) mass is 752 g/mol. The Bertz CT molecular complexity index is 1360. The summed E-state index contributed by atoms with van der Waals surface area (Å²) in [5, 5.41) is -1.58. The Morgan fingerprint density at radius 2 is 1.13 bits per heavy atom. The average Bonchev–Trinajstić information content (AvgIpc) is 3.05. The summed E-state index contributed by atoms with van der Waals surface area (Å²) in [4.78, 5) is 5.40. The van der Waals surface area contributed by atoms with Gasteiger partial charge in [0, 0.05) is 0 Å². The van der Waals surface area contributed by atoms with E-state index in [4.69, 9.17) is 16.8 Å². The molecule has 0 saturated heterocycles. The first-order chi connectivity index (χ1) is 22.3. The van der Waals surface area contributed by atoms with Gasteiger partial charge in [-0.1, -0.05) is 0 Å². The fourth-order valence-electron chi connectivity index (χ4n) is 7.71. The summed E-state index contributed by atoms with van der Waals surface area (Å²) in [5.74, 6) is 1.77. The van der Waals surface area contributed by atoms with Crippen molar-refractivity contribution in [2.45, 2.75) is 168 Å². The molecule has 47 heavy (non-hydrogen) atoms. The Morgan fingerprint density at radius 1 is 0.723 bits per heavy atom. The molecule has 0 unspecified atom stereocenters. The zero-order chi connectivity index (χ0) is 34.3. The summed E-state index contributed by atoms with van der Waals surface area (Å²) in [6.45, 7) is 23.2. The molecular weight excluding hydrogens is 688 g/mol. The zero-order valence-electron chi connectivity index (χ0n) is 31.2. The summed E-state index contributed by atoms with van der Waals surface area (Å²) in [6.07, 6.45) is 16.2. The van der Waals surface area contributed by atoms with E-state index in [9.17, 15) is 0 Å². The molecule has 2 aromatic carbocycles. The fourth-order valence-corrected chi connectivity index (χ4v) is 28.6. The van der Waals surface area contributed by atoms with Gasteiger partial charge in [0.15, 0.2) is 0 Å². The van der Waals surface area contributed by atoms with Crippen molar-refractivity contribution in [3.63, 3.8) is 0 Å². The van der Waals surface area contributed by atoms with Gasteiger partial charge in [-0.2, -0.15) is 0 Å². The summed E-state index contributed by atoms with van der Waals surface area (Å²) in [7, 11) is 2.35. The third-order valence-corrected chi connectivity index (χ3v) is 31.5. The maximum atomic E-state index is 7.05. The van der Waals surface area contributed by atoms with E-state index in [-0.39, 0.29) is 0 Å². The molecule has 0 aromatic heterocycles. The number of hydrogen-bond donors (Lipinski definition) is 0. The van der Waals surface area contributed by atoms with Crippen molar-refractivity contribution < 1.29 is 0 Å². The van der Waals surface area contributed by atoms with Gasteiger partial charge in [-0.15, -0.1) is 0 Å². The molecule has 0 N–H and O–H groups in total. The van der Waals surface area contributed by atoms with Crippen LogP contribution in [0.5, 0.6) is 0 Å². The number of allylic oxidation sites excluding steroid dienone is 2. The van der Waals surface area contributed by atoms with E-state index >= 15 is 0 Å². The van der Waals surface area contributed by atoms with Crippen molar-refractivity contribution in [3.8, 4) is 0 Å². The van der Waals surface area contributed by atoms with Crippen molar-refractivity contribution in [1.82, 2.24) is 0 Å². The number of para-hydroxylation sites is 2. The van der Waals surface area contributed by atoms with Crippen LogP contribution in [0.1, 0.15) is 179 Å². The van der Waals surface area contributed by atoms with Gasteiger partial charge in [0.25, 0.3) is 0 Å². The third kappa shape index (κ3) is 9.71. The van der Waals surface area contributed by atoms with Crippen molar-refractivity contribution in [2.75, 3.05) is 3.86 Å². The van der Waals surface area contributed by atoms with E-state index in [0.717, 1.165) is 17.0 Å². The molecule has 0 heterocycles. The second kappa shape index (κ2) is 17.9. The first-order valence-corrected chi connectivity index (χ1v) is 26.5. The van der Waals surface area contributed by atoms with Crippen LogP contribution in [-0.4, -0.2) is 31.5 Å². The second-order valence-corrected chi connectivity index (χ2v) is 29.0. The van der Waals surface area contributed by atoms with E-state index in [0.29, 0.717) is 23.7 Å². The number of benzene rings is 2. The normalized spacial score (nSPS) is 17.8. The molecule has 0 spiro atoms. The molecule has 0 amide bonds. The SMILES string of the molecule is CC(/C=C(/C)[N]([Ge][S]P(=S)(C1CCCCC1)C1CCCCC1)c1c(C(C)C)cccc1C(C)C)=Nc1c(C(C)C)cccc1C(C)C. The number of aliphatic imine (C=N–C) groups is 1. The molecule has 0 atom stereocenters. The maximum absolute atomic E-state index is 7.05. The number of hydrogen-bond acceptors (Lipinski definition) is 4. The Hall–Kier alpha value is -0.807. The van der Waals surface area contributed by atoms with E-state index in [2.05, 4.69) is 125 Å². The van der Waals surface area contributed by atoms with Gasteiger partial charge < -0.3 is 0 Å². The van der Waals surface area contributed by atoms with Crippen LogP contribution >= 0.6 is 14.9 Å². The van der Waals surface area contributed by atoms with Gasteiger partial charge in [-0.3, -0.25) is 0 Å². The molecule has 0 aliphatic heterocycles. The van der Waals surface area contributed by atoms with Gasteiger partial charge in [0.1, 0.15) is 0 Å². The predicted molar refractivity (Wildman–Crippen MR) is 220 cm³/mol. The van der Waals surface area contributed by atoms with Crippen molar-refractivity contribution >= 4 is 58.4 Å². The summed E-state index contributed by atoms with van der Waals surface area (Å²) >= 11 is 6.42. The molecule has 2 aliphatic rings. The Morgan fingerprint density at radius 3 is 1.53 bits per heavy atom. The van der Waals surface area contributed by atoms with Gasteiger partial charge in [0.05, 0.1) is 0 Å². The van der Waals surface area contributed by atoms with E-state index < -0.39 is 19.8 Å². The van der Waals surface area contributed by atoms with E-state index in [1.807, 2.05) is 0 Å². The average molecular weight is 752 g/mol. The van der Waals surface area contributed by atoms with E-state index in [1.54, 1.807) is 0 Å². The number of anilines is 1. The molecule has 4 rings (SSSR count). The van der Waals surface area contributed by atoms with Crippen LogP contribution in [0.25, 0.3) is 0 Å². The molecule has 258 valence electrons. The van der Waals surface area contributed by atoms with Crippen LogP contribution in [0.3, 0.4) is 0 Å². The topological polar surface area (TPSA) is 15.6 Å². The molecule has 2 aliphatic carbocycles. The van der Waals surface area contributed by atoms with Crippen LogP contribution in [0.15, 0.2) is 53.2 Å². The summed E-state index contributed by atoms with van der Waals surface area (Å²) in [5.41, 5.74) is 12.2. The molecule has 2 fully saturated rings. The minimum atomic E-state index is -1.58.